The van der Waals surface area contributed by atoms with Gasteiger partial charge in [-0.25, -0.2) is 4.39 Å². The Hall–Kier alpha value is -1.09. The van der Waals surface area contributed by atoms with Gasteiger partial charge in [0.1, 0.15) is 5.82 Å². The molecule has 1 fully saturated rings. The van der Waals surface area contributed by atoms with Crippen LogP contribution in [0.3, 0.4) is 0 Å². The molecule has 2 rings (SSSR count). The van der Waals surface area contributed by atoms with Gasteiger partial charge in [-0.2, -0.15) is 0 Å². The molecule has 0 N–H and O–H groups in total. The van der Waals surface area contributed by atoms with Crippen LogP contribution in [-0.2, 0) is 0 Å². The van der Waals surface area contributed by atoms with Crippen molar-refractivity contribution in [3.8, 4) is 0 Å². The summed E-state index contributed by atoms with van der Waals surface area (Å²) in [7, 11) is 0. The van der Waals surface area contributed by atoms with Crippen molar-refractivity contribution < 1.29 is 9.18 Å². The van der Waals surface area contributed by atoms with E-state index in [4.69, 9.17) is 11.6 Å². The van der Waals surface area contributed by atoms with Crippen LogP contribution in [0, 0.1) is 11.7 Å². The molecule has 1 amide bonds. The van der Waals surface area contributed by atoms with Crippen LogP contribution in [0.2, 0.25) is 0 Å². The van der Waals surface area contributed by atoms with E-state index in [0.29, 0.717) is 17.4 Å². The lowest BCUT2D eigenvalue weighted by molar-refractivity contribution is 0.0671. The smallest absolute Gasteiger partial charge is 0.253 e. The van der Waals surface area contributed by atoms with Gasteiger partial charge in [-0.05, 0) is 43.4 Å². The van der Waals surface area contributed by atoms with Crippen molar-refractivity contribution in [2.75, 3.05) is 19.0 Å². The molecule has 0 aliphatic carbocycles. The molecule has 2 nitrogen and oxygen atoms in total. The van der Waals surface area contributed by atoms with E-state index in [2.05, 4.69) is 0 Å². The molecule has 0 spiro atoms. The summed E-state index contributed by atoms with van der Waals surface area (Å²) in [6, 6.07) is 5.89. The Balaban J connectivity index is 2.04. The second-order valence-electron chi connectivity index (χ2n) is 4.75. The largest absolute Gasteiger partial charge is 0.338 e. The van der Waals surface area contributed by atoms with Gasteiger partial charge in [0.05, 0.1) is 0 Å². The number of piperidine rings is 1. The first-order valence-corrected chi connectivity index (χ1v) is 6.85. The molecule has 4 heteroatoms. The number of rotatable bonds is 3. The Morgan fingerprint density at radius 3 is 3.06 bits per heavy atom. The molecule has 0 saturated carbocycles. The fourth-order valence-corrected chi connectivity index (χ4v) is 2.75. The molecule has 0 bridgehead atoms. The lowest BCUT2D eigenvalue weighted by Crippen LogP contribution is -2.40. The fourth-order valence-electron chi connectivity index (χ4n) is 2.44. The van der Waals surface area contributed by atoms with Gasteiger partial charge in [0.2, 0.25) is 0 Å². The van der Waals surface area contributed by atoms with E-state index in [0.717, 1.165) is 32.4 Å². The normalized spacial score (nSPS) is 19.9. The van der Waals surface area contributed by atoms with Crippen molar-refractivity contribution in [2.45, 2.75) is 19.3 Å². The van der Waals surface area contributed by atoms with Crippen LogP contribution in [-0.4, -0.2) is 29.8 Å². The second-order valence-corrected chi connectivity index (χ2v) is 5.13. The number of carbonyl (C=O) groups is 1. The molecule has 1 aromatic rings. The number of likely N-dealkylation sites (tertiary alicyclic amines) is 1. The predicted molar refractivity (Wildman–Crippen MR) is 70.4 cm³/mol. The highest BCUT2D eigenvalue weighted by Gasteiger charge is 2.24. The molecule has 1 heterocycles. The first-order valence-electron chi connectivity index (χ1n) is 6.31. The van der Waals surface area contributed by atoms with Crippen molar-refractivity contribution in [1.29, 1.82) is 0 Å². The average Bonchev–Trinajstić information content (AvgIpc) is 2.39. The molecule has 18 heavy (non-hydrogen) atoms. The van der Waals surface area contributed by atoms with E-state index in [1.54, 1.807) is 12.1 Å². The third-order valence-electron chi connectivity index (χ3n) is 3.40. The Bertz CT molecular complexity index is 422. The van der Waals surface area contributed by atoms with Crippen molar-refractivity contribution in [3.05, 3.63) is 35.6 Å². The predicted octanol–water partition coefficient (Wildman–Crippen LogP) is 3.31. The number of benzene rings is 1. The zero-order valence-corrected chi connectivity index (χ0v) is 11.0. The number of amides is 1. The SMILES string of the molecule is O=C(c1cccc(F)c1)N1CCCC(CCCl)C1. The van der Waals surface area contributed by atoms with E-state index < -0.39 is 0 Å². The Kier molecular flexibility index (Phi) is 4.59. The summed E-state index contributed by atoms with van der Waals surface area (Å²) >= 11 is 5.75. The minimum absolute atomic E-state index is 0.0752. The second kappa shape index (κ2) is 6.19. The summed E-state index contributed by atoms with van der Waals surface area (Å²) < 4.78 is 13.1. The van der Waals surface area contributed by atoms with Gasteiger partial charge in [0.15, 0.2) is 0 Å². The van der Waals surface area contributed by atoms with Crippen LogP contribution >= 0.6 is 11.6 Å². The summed E-state index contributed by atoms with van der Waals surface area (Å²) in [6.07, 6.45) is 3.07. The van der Waals surface area contributed by atoms with E-state index >= 15 is 0 Å². The van der Waals surface area contributed by atoms with Crippen molar-refractivity contribution in [3.63, 3.8) is 0 Å². The number of alkyl halides is 1. The quantitative estimate of drug-likeness (QED) is 0.771. The maximum atomic E-state index is 13.1. The number of carbonyl (C=O) groups excluding carboxylic acids is 1. The molecule has 0 aromatic heterocycles. The molecular formula is C14H17ClFNO. The maximum Gasteiger partial charge on any atom is 0.253 e. The minimum atomic E-state index is -0.366. The molecule has 1 unspecified atom stereocenters. The third-order valence-corrected chi connectivity index (χ3v) is 3.61. The van der Waals surface area contributed by atoms with Gasteiger partial charge in [0.25, 0.3) is 5.91 Å². The molecule has 1 saturated heterocycles. The zero-order chi connectivity index (χ0) is 13.0. The van der Waals surface area contributed by atoms with Crippen LogP contribution in [0.25, 0.3) is 0 Å². The van der Waals surface area contributed by atoms with Crippen LogP contribution in [0.15, 0.2) is 24.3 Å². The number of halogens is 2. The molecule has 1 atom stereocenters. The first kappa shape index (κ1) is 13.3. The maximum absolute atomic E-state index is 13.1. The number of hydrogen-bond acceptors (Lipinski definition) is 1. The van der Waals surface area contributed by atoms with E-state index in [1.165, 1.54) is 12.1 Å². The topological polar surface area (TPSA) is 20.3 Å². The summed E-state index contributed by atoms with van der Waals surface area (Å²) in [5.74, 6) is 0.671. The Morgan fingerprint density at radius 2 is 2.33 bits per heavy atom. The van der Waals surface area contributed by atoms with Crippen molar-refractivity contribution >= 4 is 17.5 Å². The van der Waals surface area contributed by atoms with Gasteiger partial charge in [-0.15, -0.1) is 11.6 Å². The molecule has 1 aliphatic rings. The summed E-state index contributed by atoms with van der Waals surface area (Å²) in [6.45, 7) is 1.50. The molecule has 1 aromatic carbocycles. The Morgan fingerprint density at radius 1 is 1.50 bits per heavy atom. The zero-order valence-electron chi connectivity index (χ0n) is 10.2. The summed E-state index contributed by atoms with van der Waals surface area (Å²) in [5.41, 5.74) is 0.432. The standard InChI is InChI=1S/C14H17ClFNO/c15-7-6-11-3-2-8-17(10-11)14(18)12-4-1-5-13(16)9-12/h1,4-5,9,11H,2-3,6-8,10H2. The van der Waals surface area contributed by atoms with Gasteiger partial charge in [-0.3, -0.25) is 4.79 Å². The van der Waals surface area contributed by atoms with Gasteiger partial charge in [-0.1, -0.05) is 6.07 Å². The molecule has 1 aliphatic heterocycles. The highest BCUT2D eigenvalue weighted by atomic mass is 35.5. The monoisotopic (exact) mass is 269 g/mol. The molecule has 0 radical (unpaired) electrons. The third kappa shape index (κ3) is 3.22. The van der Waals surface area contributed by atoms with Gasteiger partial charge >= 0.3 is 0 Å². The number of nitrogens with zero attached hydrogens (tertiary/aromatic N) is 1. The van der Waals surface area contributed by atoms with E-state index in [9.17, 15) is 9.18 Å². The lowest BCUT2D eigenvalue weighted by Gasteiger charge is -2.32. The highest BCUT2D eigenvalue weighted by molar-refractivity contribution is 6.17. The van der Waals surface area contributed by atoms with E-state index in [-0.39, 0.29) is 11.7 Å². The van der Waals surface area contributed by atoms with E-state index in [1.807, 2.05) is 4.90 Å². The fraction of sp³-hybridized carbons (Fsp3) is 0.500. The van der Waals surface area contributed by atoms with Gasteiger partial charge in [0, 0.05) is 24.5 Å². The molecular weight excluding hydrogens is 253 g/mol. The van der Waals surface area contributed by atoms with Gasteiger partial charge < -0.3 is 4.90 Å². The minimum Gasteiger partial charge on any atom is -0.338 e. The van der Waals surface area contributed by atoms with Crippen LogP contribution in [0.5, 0.6) is 0 Å². The number of hydrogen-bond donors (Lipinski definition) is 0. The van der Waals surface area contributed by atoms with Crippen molar-refractivity contribution in [1.82, 2.24) is 4.90 Å². The van der Waals surface area contributed by atoms with Crippen LogP contribution < -0.4 is 0 Å². The van der Waals surface area contributed by atoms with Crippen LogP contribution in [0.4, 0.5) is 4.39 Å². The lowest BCUT2D eigenvalue weighted by atomic mass is 9.95. The van der Waals surface area contributed by atoms with Crippen LogP contribution in [0.1, 0.15) is 29.6 Å². The van der Waals surface area contributed by atoms with Crippen molar-refractivity contribution in [2.24, 2.45) is 5.92 Å². The Labute approximate surface area is 112 Å². The summed E-state index contributed by atoms with van der Waals surface area (Å²) in [5, 5.41) is 0. The molecule has 98 valence electrons. The highest BCUT2D eigenvalue weighted by Crippen LogP contribution is 2.21. The average molecular weight is 270 g/mol. The summed E-state index contributed by atoms with van der Waals surface area (Å²) in [4.78, 5) is 14.0. The first-order chi connectivity index (χ1) is 8.70.